The Hall–Kier alpha value is -0.580. The summed E-state index contributed by atoms with van der Waals surface area (Å²) >= 11 is 0.628. The van der Waals surface area contributed by atoms with Gasteiger partial charge in [0.05, 0.1) is 4.88 Å². The smallest absolute Gasteiger partial charge is 0.203 e. The Kier molecular flexibility index (Phi) is 2.17. The highest BCUT2D eigenvalue weighted by atomic mass is 32.1. The van der Waals surface area contributed by atoms with Crippen molar-refractivity contribution in [1.29, 1.82) is 0 Å². The lowest BCUT2D eigenvalue weighted by molar-refractivity contribution is -0.132. The van der Waals surface area contributed by atoms with Gasteiger partial charge in [-0.3, -0.25) is 0 Å². The molecule has 0 aliphatic carbocycles. The summed E-state index contributed by atoms with van der Waals surface area (Å²) in [7, 11) is 0. The van der Waals surface area contributed by atoms with E-state index < -0.39 is 17.2 Å². The van der Waals surface area contributed by atoms with Crippen LogP contribution >= 0.6 is 11.3 Å². The lowest BCUT2D eigenvalue weighted by Gasteiger charge is -2.11. The molecule has 1 heterocycles. The first kappa shape index (κ1) is 8.52. The Bertz CT molecular complexity index is 216. The molecule has 0 spiro atoms. The zero-order valence-corrected chi connectivity index (χ0v) is 6.05. The molecule has 0 radical (unpaired) electrons. The van der Waals surface area contributed by atoms with Crippen LogP contribution in [0.3, 0.4) is 0 Å². The molecule has 0 aliphatic rings. The van der Waals surface area contributed by atoms with E-state index in [-0.39, 0.29) is 0 Å². The van der Waals surface area contributed by atoms with Crippen LogP contribution in [0, 0.1) is 0 Å². The third-order valence-corrected chi connectivity index (χ3v) is 2.08. The van der Waals surface area contributed by atoms with Gasteiger partial charge in [-0.05, 0) is 11.4 Å². The standard InChI is InChI=1S/C6H4F4S/c7-5(8)6(9,10)4-2-1-3-11-4/h1-3,5H. The molecule has 0 aromatic carbocycles. The van der Waals surface area contributed by atoms with E-state index in [4.69, 9.17) is 0 Å². The van der Waals surface area contributed by atoms with Crippen molar-refractivity contribution in [3.8, 4) is 0 Å². The Morgan fingerprint density at radius 1 is 1.36 bits per heavy atom. The van der Waals surface area contributed by atoms with Crippen LogP contribution < -0.4 is 0 Å². The number of halogens is 4. The Balaban J connectivity index is 2.90. The van der Waals surface area contributed by atoms with Crippen LogP contribution in [0.15, 0.2) is 17.5 Å². The first-order valence-corrected chi connectivity index (χ1v) is 3.63. The molecule has 0 N–H and O–H groups in total. The van der Waals surface area contributed by atoms with Crippen LogP contribution in [0.2, 0.25) is 0 Å². The minimum atomic E-state index is -3.99. The fourth-order valence-electron chi connectivity index (χ4n) is 0.576. The number of thiophene rings is 1. The monoisotopic (exact) mass is 184 g/mol. The van der Waals surface area contributed by atoms with Crippen LogP contribution in [0.4, 0.5) is 17.6 Å². The molecule has 0 bridgehead atoms. The fourth-order valence-corrected chi connectivity index (χ4v) is 1.28. The van der Waals surface area contributed by atoms with Gasteiger partial charge in [0.15, 0.2) is 0 Å². The van der Waals surface area contributed by atoms with Gasteiger partial charge in [-0.25, -0.2) is 8.78 Å². The lowest BCUT2D eigenvalue weighted by atomic mass is 10.3. The minimum Gasteiger partial charge on any atom is -0.203 e. The lowest BCUT2D eigenvalue weighted by Crippen LogP contribution is -2.21. The quantitative estimate of drug-likeness (QED) is 0.619. The van der Waals surface area contributed by atoms with E-state index in [0.717, 1.165) is 6.07 Å². The third kappa shape index (κ3) is 1.53. The number of alkyl halides is 4. The van der Waals surface area contributed by atoms with Crippen LogP contribution in [-0.2, 0) is 5.92 Å². The molecule has 0 saturated carbocycles. The highest BCUT2D eigenvalue weighted by Gasteiger charge is 2.43. The van der Waals surface area contributed by atoms with E-state index in [1.165, 1.54) is 11.4 Å². The molecule has 1 aromatic rings. The summed E-state index contributed by atoms with van der Waals surface area (Å²) in [6, 6.07) is 2.31. The molecule has 0 fully saturated rings. The molecular weight excluding hydrogens is 180 g/mol. The van der Waals surface area contributed by atoms with Crippen molar-refractivity contribution in [2.45, 2.75) is 12.3 Å². The maximum atomic E-state index is 12.4. The summed E-state index contributed by atoms with van der Waals surface area (Å²) in [5, 5.41) is 1.34. The SMILES string of the molecule is FC(F)C(F)(F)c1cccs1. The van der Waals surface area contributed by atoms with E-state index in [1.807, 2.05) is 0 Å². The molecule has 62 valence electrons. The molecule has 0 aliphatic heterocycles. The first-order valence-electron chi connectivity index (χ1n) is 2.75. The Morgan fingerprint density at radius 2 is 2.00 bits per heavy atom. The van der Waals surface area contributed by atoms with Crippen molar-refractivity contribution in [2.75, 3.05) is 0 Å². The zero-order valence-electron chi connectivity index (χ0n) is 5.23. The normalized spacial score (nSPS) is 12.5. The van der Waals surface area contributed by atoms with Crippen molar-refractivity contribution in [2.24, 2.45) is 0 Å². The number of rotatable bonds is 2. The second kappa shape index (κ2) is 2.81. The van der Waals surface area contributed by atoms with Gasteiger partial charge in [-0.15, -0.1) is 11.3 Å². The van der Waals surface area contributed by atoms with Crippen molar-refractivity contribution in [3.63, 3.8) is 0 Å². The molecule has 0 unspecified atom stereocenters. The summed E-state index contributed by atoms with van der Waals surface area (Å²) < 4.78 is 48.0. The summed E-state index contributed by atoms with van der Waals surface area (Å²) in [5.41, 5.74) is 0. The zero-order chi connectivity index (χ0) is 8.48. The molecule has 0 atom stereocenters. The van der Waals surface area contributed by atoms with Gasteiger partial charge >= 0.3 is 12.3 Å². The van der Waals surface area contributed by atoms with Gasteiger partial charge < -0.3 is 0 Å². The molecule has 5 heteroatoms. The van der Waals surface area contributed by atoms with Crippen LogP contribution in [0.1, 0.15) is 4.88 Å². The number of hydrogen-bond acceptors (Lipinski definition) is 1. The molecule has 0 amide bonds. The Labute approximate surface area is 64.5 Å². The van der Waals surface area contributed by atoms with Crippen molar-refractivity contribution < 1.29 is 17.6 Å². The largest absolute Gasteiger partial charge is 0.341 e. The van der Waals surface area contributed by atoms with Crippen LogP contribution in [-0.4, -0.2) is 6.43 Å². The van der Waals surface area contributed by atoms with Crippen molar-refractivity contribution >= 4 is 11.3 Å². The second-order valence-corrected chi connectivity index (χ2v) is 2.85. The van der Waals surface area contributed by atoms with E-state index >= 15 is 0 Å². The average Bonchev–Trinajstić information content (AvgIpc) is 2.37. The second-order valence-electron chi connectivity index (χ2n) is 1.90. The average molecular weight is 184 g/mol. The maximum absolute atomic E-state index is 12.4. The van der Waals surface area contributed by atoms with E-state index in [9.17, 15) is 17.6 Å². The van der Waals surface area contributed by atoms with Gasteiger partial charge in [0.25, 0.3) is 0 Å². The first-order chi connectivity index (χ1) is 5.05. The molecule has 0 saturated heterocycles. The van der Waals surface area contributed by atoms with E-state index in [1.54, 1.807) is 0 Å². The molecule has 1 rings (SSSR count). The predicted octanol–water partition coefficient (Wildman–Crippen LogP) is 3.11. The molecule has 0 nitrogen and oxygen atoms in total. The fraction of sp³-hybridized carbons (Fsp3) is 0.333. The summed E-state index contributed by atoms with van der Waals surface area (Å²) in [5.74, 6) is -3.99. The molecular formula is C6H4F4S. The predicted molar refractivity (Wildman–Crippen MR) is 34.2 cm³/mol. The Morgan fingerprint density at radius 3 is 2.36 bits per heavy atom. The van der Waals surface area contributed by atoms with E-state index in [0.29, 0.717) is 11.3 Å². The van der Waals surface area contributed by atoms with Crippen LogP contribution in [0.5, 0.6) is 0 Å². The van der Waals surface area contributed by atoms with Crippen molar-refractivity contribution in [3.05, 3.63) is 22.4 Å². The van der Waals surface area contributed by atoms with Gasteiger partial charge in [-0.2, -0.15) is 8.78 Å². The highest BCUT2D eigenvalue weighted by molar-refractivity contribution is 7.10. The van der Waals surface area contributed by atoms with Crippen molar-refractivity contribution in [1.82, 2.24) is 0 Å². The highest BCUT2D eigenvalue weighted by Crippen LogP contribution is 2.36. The van der Waals surface area contributed by atoms with Gasteiger partial charge in [0.2, 0.25) is 0 Å². The van der Waals surface area contributed by atoms with Crippen LogP contribution in [0.25, 0.3) is 0 Å². The maximum Gasteiger partial charge on any atom is 0.341 e. The number of hydrogen-bond donors (Lipinski definition) is 0. The topological polar surface area (TPSA) is 0 Å². The van der Waals surface area contributed by atoms with Gasteiger partial charge in [0, 0.05) is 0 Å². The van der Waals surface area contributed by atoms with Gasteiger partial charge in [0.1, 0.15) is 0 Å². The third-order valence-electron chi connectivity index (χ3n) is 1.12. The summed E-state index contributed by atoms with van der Waals surface area (Å²) in [6.45, 7) is 0. The molecule has 11 heavy (non-hydrogen) atoms. The minimum absolute atomic E-state index is 0.590. The summed E-state index contributed by atoms with van der Waals surface area (Å²) in [4.78, 5) is -0.590. The summed E-state index contributed by atoms with van der Waals surface area (Å²) in [6.07, 6.45) is -3.62. The van der Waals surface area contributed by atoms with Gasteiger partial charge in [-0.1, -0.05) is 6.07 Å². The molecule has 1 aromatic heterocycles. The van der Waals surface area contributed by atoms with E-state index in [2.05, 4.69) is 0 Å².